The maximum Gasteiger partial charge on any atom is 0.0716 e. The molecule has 3 nitrogen and oxygen atoms in total. The molecule has 0 fully saturated rings. The molecule has 10 rings (SSSR count). The molecular formula is C49H33N3. The molecule has 10 aromatic rings. The van der Waals surface area contributed by atoms with Gasteiger partial charge in [0.15, 0.2) is 0 Å². The zero-order chi connectivity index (χ0) is 34.6. The first kappa shape index (κ1) is 29.9. The fourth-order valence-corrected chi connectivity index (χ4v) is 7.85. The van der Waals surface area contributed by atoms with E-state index in [9.17, 15) is 0 Å². The zero-order valence-electron chi connectivity index (χ0n) is 28.4. The van der Waals surface area contributed by atoms with Gasteiger partial charge in [0.1, 0.15) is 0 Å². The summed E-state index contributed by atoms with van der Waals surface area (Å²) in [5.74, 6) is 0. The summed E-state index contributed by atoms with van der Waals surface area (Å²) in [5.41, 5.74) is 14.2. The van der Waals surface area contributed by atoms with Crippen molar-refractivity contribution >= 4 is 49.7 Å². The molecule has 0 saturated heterocycles. The van der Waals surface area contributed by atoms with Crippen molar-refractivity contribution in [2.24, 2.45) is 0 Å². The molecule has 0 amide bonds. The minimum atomic E-state index is 0.917. The average molecular weight is 664 g/mol. The van der Waals surface area contributed by atoms with Crippen molar-refractivity contribution < 1.29 is 0 Å². The van der Waals surface area contributed by atoms with Gasteiger partial charge in [0.25, 0.3) is 0 Å². The van der Waals surface area contributed by atoms with E-state index < -0.39 is 0 Å². The maximum atomic E-state index is 5.33. The Hall–Kier alpha value is -6.97. The normalized spacial score (nSPS) is 11.5. The number of aromatic nitrogens is 3. The molecule has 3 heterocycles. The predicted octanol–water partition coefficient (Wildman–Crippen LogP) is 12.9. The van der Waals surface area contributed by atoms with Gasteiger partial charge in [-0.15, -0.1) is 0 Å². The summed E-state index contributed by atoms with van der Waals surface area (Å²) in [5, 5.41) is 5.00. The molecule has 3 heteroatoms. The highest BCUT2D eigenvalue weighted by Gasteiger charge is 2.16. The lowest BCUT2D eigenvalue weighted by atomic mass is 9.98. The molecule has 3 aromatic heterocycles. The van der Waals surface area contributed by atoms with Gasteiger partial charge in [-0.1, -0.05) is 128 Å². The Morgan fingerprint density at radius 1 is 0.365 bits per heavy atom. The lowest BCUT2D eigenvalue weighted by Crippen LogP contribution is -1.96. The van der Waals surface area contributed by atoms with Crippen LogP contribution >= 0.6 is 0 Å². The van der Waals surface area contributed by atoms with Crippen LogP contribution in [0.4, 0.5) is 0 Å². The quantitative estimate of drug-likeness (QED) is 0.174. The summed E-state index contributed by atoms with van der Waals surface area (Å²) < 4.78 is 4.74. The van der Waals surface area contributed by atoms with E-state index in [1.54, 1.807) is 0 Å². The molecule has 52 heavy (non-hydrogen) atoms. The lowest BCUT2D eigenvalue weighted by molar-refractivity contribution is 1.18. The van der Waals surface area contributed by atoms with Crippen LogP contribution in [0.5, 0.6) is 0 Å². The van der Waals surface area contributed by atoms with Crippen molar-refractivity contribution in [3.8, 4) is 45.0 Å². The number of pyridine rings is 1. The Morgan fingerprint density at radius 3 is 1.25 bits per heavy atom. The summed E-state index contributed by atoms with van der Waals surface area (Å²) in [6, 6.07) is 65.1. The van der Waals surface area contributed by atoms with E-state index in [-0.39, 0.29) is 0 Å². The molecule has 0 radical (unpaired) electrons. The second-order valence-electron chi connectivity index (χ2n) is 13.3. The maximum absolute atomic E-state index is 5.33. The first-order chi connectivity index (χ1) is 25.7. The van der Waals surface area contributed by atoms with Crippen molar-refractivity contribution in [2.75, 3.05) is 0 Å². The van der Waals surface area contributed by atoms with Crippen LogP contribution in [-0.2, 0) is 0 Å². The first-order valence-corrected chi connectivity index (χ1v) is 17.7. The number of para-hydroxylation sites is 4. The average Bonchev–Trinajstić information content (AvgIpc) is 3.74. The Kier molecular flexibility index (Phi) is 6.97. The van der Waals surface area contributed by atoms with Gasteiger partial charge < -0.3 is 9.13 Å². The second-order valence-corrected chi connectivity index (χ2v) is 13.3. The molecule has 0 aliphatic rings. The minimum Gasteiger partial charge on any atom is -0.309 e. The minimum absolute atomic E-state index is 0.917. The highest BCUT2D eigenvalue weighted by atomic mass is 15.0. The molecule has 0 saturated carbocycles. The standard InChI is InChI=1S/C49H33N3/c1-2-33-14-11-16-35(28-33)44-31-37(34-15-12-18-38(29-34)51-46-24-7-3-20-40(46)41-21-4-8-25-47(41)51)32-45(50-44)36-17-13-19-39(30-36)52-48-26-9-5-22-42(48)43-23-6-10-27-49(43)52/h2-32H,1H2. The summed E-state index contributed by atoms with van der Waals surface area (Å²) in [6.07, 6.45) is 1.89. The van der Waals surface area contributed by atoms with E-state index in [0.717, 1.165) is 50.6 Å². The smallest absolute Gasteiger partial charge is 0.0716 e. The number of fused-ring (bicyclic) bond motifs is 6. The lowest BCUT2D eigenvalue weighted by Gasteiger charge is -2.14. The third-order valence-corrected chi connectivity index (χ3v) is 10.2. The third kappa shape index (κ3) is 4.86. The number of hydrogen-bond donors (Lipinski definition) is 0. The van der Waals surface area contributed by atoms with Gasteiger partial charge in [0, 0.05) is 44.0 Å². The molecule has 0 spiro atoms. The van der Waals surface area contributed by atoms with Crippen molar-refractivity contribution in [2.45, 2.75) is 0 Å². The summed E-state index contributed by atoms with van der Waals surface area (Å²) in [7, 11) is 0. The summed E-state index contributed by atoms with van der Waals surface area (Å²) in [6.45, 7) is 4.03. The van der Waals surface area contributed by atoms with Crippen LogP contribution in [0.25, 0.3) is 94.7 Å². The van der Waals surface area contributed by atoms with Crippen molar-refractivity contribution in [1.82, 2.24) is 14.1 Å². The van der Waals surface area contributed by atoms with Gasteiger partial charge in [0.05, 0.1) is 33.5 Å². The van der Waals surface area contributed by atoms with Gasteiger partial charge in [-0.05, 0) is 83.4 Å². The Bertz CT molecular complexity index is 2710. The van der Waals surface area contributed by atoms with E-state index in [4.69, 9.17) is 4.98 Å². The molecule has 0 N–H and O–H groups in total. The van der Waals surface area contributed by atoms with Crippen LogP contribution in [0.1, 0.15) is 5.56 Å². The number of hydrogen-bond acceptors (Lipinski definition) is 1. The van der Waals surface area contributed by atoms with Crippen molar-refractivity contribution in [1.29, 1.82) is 0 Å². The Labute approximate surface area is 302 Å². The monoisotopic (exact) mass is 663 g/mol. The van der Waals surface area contributed by atoms with Gasteiger partial charge in [-0.2, -0.15) is 0 Å². The fourth-order valence-electron chi connectivity index (χ4n) is 7.85. The number of benzene rings is 7. The molecule has 0 aliphatic carbocycles. The fraction of sp³-hybridized carbons (Fsp3) is 0. The van der Waals surface area contributed by atoms with E-state index in [1.165, 1.54) is 43.6 Å². The van der Waals surface area contributed by atoms with Gasteiger partial charge in [-0.25, -0.2) is 4.98 Å². The van der Waals surface area contributed by atoms with E-state index in [0.29, 0.717) is 0 Å². The van der Waals surface area contributed by atoms with Crippen LogP contribution in [0.15, 0.2) is 189 Å². The van der Waals surface area contributed by atoms with Gasteiger partial charge in [0.2, 0.25) is 0 Å². The van der Waals surface area contributed by atoms with Gasteiger partial charge in [-0.3, -0.25) is 0 Å². The Morgan fingerprint density at radius 2 is 0.769 bits per heavy atom. The predicted molar refractivity (Wildman–Crippen MR) is 219 cm³/mol. The molecule has 0 atom stereocenters. The molecule has 244 valence electrons. The topological polar surface area (TPSA) is 22.8 Å². The SMILES string of the molecule is C=Cc1cccc(-c2cc(-c3cccc(-n4c5ccccc5c5ccccc54)c3)cc(-c3cccc(-n4c5ccccc5c5ccccc54)c3)n2)c1. The first-order valence-electron chi connectivity index (χ1n) is 17.7. The highest BCUT2D eigenvalue weighted by molar-refractivity contribution is 6.10. The van der Waals surface area contributed by atoms with Crippen LogP contribution in [0, 0.1) is 0 Å². The van der Waals surface area contributed by atoms with Crippen molar-refractivity contribution in [3.63, 3.8) is 0 Å². The largest absolute Gasteiger partial charge is 0.309 e. The number of rotatable bonds is 6. The Balaban J connectivity index is 1.17. The van der Waals surface area contributed by atoms with Crippen LogP contribution in [-0.4, -0.2) is 14.1 Å². The zero-order valence-corrected chi connectivity index (χ0v) is 28.4. The molecule has 0 aliphatic heterocycles. The summed E-state index contributed by atoms with van der Waals surface area (Å²) >= 11 is 0. The van der Waals surface area contributed by atoms with Crippen LogP contribution in [0.3, 0.4) is 0 Å². The molecule has 7 aromatic carbocycles. The van der Waals surface area contributed by atoms with Crippen molar-refractivity contribution in [3.05, 3.63) is 194 Å². The molecular weight excluding hydrogens is 631 g/mol. The number of nitrogens with zero attached hydrogens (tertiary/aromatic N) is 3. The molecule has 0 unspecified atom stereocenters. The second kappa shape index (κ2) is 12.1. The van der Waals surface area contributed by atoms with E-state index in [2.05, 4.69) is 198 Å². The van der Waals surface area contributed by atoms with Gasteiger partial charge >= 0.3 is 0 Å². The van der Waals surface area contributed by atoms with E-state index >= 15 is 0 Å². The van der Waals surface area contributed by atoms with Crippen LogP contribution < -0.4 is 0 Å². The highest BCUT2D eigenvalue weighted by Crippen LogP contribution is 2.37. The van der Waals surface area contributed by atoms with Crippen LogP contribution in [0.2, 0.25) is 0 Å². The van der Waals surface area contributed by atoms with E-state index in [1.807, 2.05) is 6.08 Å². The molecule has 0 bridgehead atoms. The summed E-state index contributed by atoms with van der Waals surface area (Å²) in [4.78, 5) is 5.33. The third-order valence-electron chi connectivity index (χ3n) is 10.2.